The van der Waals surface area contributed by atoms with Crippen molar-refractivity contribution >= 4 is 16.6 Å². The lowest BCUT2D eigenvalue weighted by Crippen LogP contribution is -2.47. The van der Waals surface area contributed by atoms with Crippen LogP contribution in [0.4, 0.5) is 5.82 Å². The Morgan fingerprint density at radius 1 is 1.19 bits per heavy atom. The van der Waals surface area contributed by atoms with Crippen LogP contribution in [0.5, 0.6) is 5.75 Å². The predicted octanol–water partition coefficient (Wildman–Crippen LogP) is 2.70. The molecule has 1 aromatic carbocycles. The number of nitrogens with zero attached hydrogens (tertiary/aromatic N) is 2. The fraction of sp³-hybridized carbons (Fsp3) is 0.471. The molecule has 3 heterocycles. The lowest BCUT2D eigenvalue weighted by molar-refractivity contribution is 0.412. The SMILES string of the molecule is COc1ccc2c(N3C4CCC3CC(N)C4)nccc2c1. The van der Waals surface area contributed by atoms with E-state index in [1.54, 1.807) is 7.11 Å². The third kappa shape index (κ3) is 2.05. The second-order valence-electron chi connectivity index (χ2n) is 6.25. The first-order valence-corrected chi connectivity index (χ1v) is 7.73. The largest absolute Gasteiger partial charge is 0.497 e. The van der Waals surface area contributed by atoms with Crippen molar-refractivity contribution in [1.29, 1.82) is 0 Å². The third-order valence-corrected chi connectivity index (χ3v) is 4.96. The number of ether oxygens (including phenoxy) is 1. The van der Waals surface area contributed by atoms with Crippen molar-refractivity contribution in [2.45, 2.75) is 43.8 Å². The van der Waals surface area contributed by atoms with Gasteiger partial charge in [-0.3, -0.25) is 0 Å². The van der Waals surface area contributed by atoms with Crippen molar-refractivity contribution in [1.82, 2.24) is 4.98 Å². The second kappa shape index (κ2) is 4.88. The predicted molar refractivity (Wildman–Crippen MR) is 84.8 cm³/mol. The highest BCUT2D eigenvalue weighted by molar-refractivity contribution is 5.93. The zero-order chi connectivity index (χ0) is 14.4. The molecule has 2 aromatic rings. The first-order chi connectivity index (χ1) is 10.3. The molecular formula is C17H21N3O. The molecule has 21 heavy (non-hydrogen) atoms. The molecule has 4 nitrogen and oxygen atoms in total. The van der Waals surface area contributed by atoms with Gasteiger partial charge in [0.1, 0.15) is 11.6 Å². The maximum Gasteiger partial charge on any atom is 0.136 e. The Hall–Kier alpha value is -1.81. The number of piperidine rings is 1. The van der Waals surface area contributed by atoms with E-state index in [1.807, 2.05) is 12.3 Å². The number of pyridine rings is 1. The number of methoxy groups -OCH3 is 1. The van der Waals surface area contributed by atoms with Crippen molar-refractivity contribution in [3.63, 3.8) is 0 Å². The summed E-state index contributed by atoms with van der Waals surface area (Å²) >= 11 is 0. The molecule has 0 radical (unpaired) electrons. The summed E-state index contributed by atoms with van der Waals surface area (Å²) in [5.74, 6) is 2.01. The average Bonchev–Trinajstić information content (AvgIpc) is 2.77. The molecule has 2 aliphatic heterocycles. The molecule has 2 N–H and O–H groups in total. The quantitative estimate of drug-likeness (QED) is 0.920. The number of hydrogen-bond donors (Lipinski definition) is 1. The van der Waals surface area contributed by atoms with Crippen LogP contribution in [-0.4, -0.2) is 30.2 Å². The van der Waals surface area contributed by atoms with E-state index in [0.29, 0.717) is 18.1 Å². The topological polar surface area (TPSA) is 51.4 Å². The lowest BCUT2D eigenvalue weighted by atomic mass is 9.97. The van der Waals surface area contributed by atoms with E-state index in [4.69, 9.17) is 15.5 Å². The second-order valence-corrected chi connectivity index (χ2v) is 6.25. The van der Waals surface area contributed by atoms with Gasteiger partial charge in [0.05, 0.1) is 7.11 Å². The molecule has 0 aliphatic carbocycles. The number of aromatic nitrogens is 1. The fourth-order valence-corrected chi connectivity index (χ4v) is 4.04. The van der Waals surface area contributed by atoms with E-state index in [0.717, 1.165) is 24.4 Å². The van der Waals surface area contributed by atoms with E-state index in [1.165, 1.54) is 23.6 Å². The number of nitrogens with two attached hydrogens (primary N) is 1. The maximum absolute atomic E-state index is 6.18. The Bertz CT molecular complexity index is 658. The van der Waals surface area contributed by atoms with Gasteiger partial charge in [0.25, 0.3) is 0 Å². The average molecular weight is 283 g/mol. The third-order valence-electron chi connectivity index (χ3n) is 4.96. The monoisotopic (exact) mass is 283 g/mol. The molecule has 4 heteroatoms. The van der Waals surface area contributed by atoms with Crippen LogP contribution in [0, 0.1) is 0 Å². The first-order valence-electron chi connectivity index (χ1n) is 7.73. The number of fused-ring (bicyclic) bond motifs is 3. The van der Waals surface area contributed by atoms with Crippen molar-refractivity contribution in [3.8, 4) is 5.75 Å². The van der Waals surface area contributed by atoms with E-state index in [9.17, 15) is 0 Å². The van der Waals surface area contributed by atoms with Crippen LogP contribution < -0.4 is 15.4 Å². The summed E-state index contributed by atoms with van der Waals surface area (Å²) in [5.41, 5.74) is 6.18. The van der Waals surface area contributed by atoms with E-state index in [-0.39, 0.29) is 0 Å². The summed E-state index contributed by atoms with van der Waals surface area (Å²) in [6, 6.07) is 9.75. The lowest BCUT2D eigenvalue weighted by Gasteiger charge is -2.39. The molecule has 2 fully saturated rings. The van der Waals surface area contributed by atoms with Crippen LogP contribution in [0.3, 0.4) is 0 Å². The van der Waals surface area contributed by atoms with Crippen molar-refractivity contribution in [2.24, 2.45) is 5.73 Å². The zero-order valence-electron chi connectivity index (χ0n) is 12.3. The summed E-state index contributed by atoms with van der Waals surface area (Å²) in [7, 11) is 1.70. The smallest absolute Gasteiger partial charge is 0.136 e. The van der Waals surface area contributed by atoms with Crippen molar-refractivity contribution in [2.75, 3.05) is 12.0 Å². The molecule has 0 saturated carbocycles. The number of anilines is 1. The molecular weight excluding hydrogens is 262 g/mol. The minimum absolute atomic E-state index is 0.355. The van der Waals surface area contributed by atoms with Crippen LogP contribution in [-0.2, 0) is 0 Å². The molecule has 2 bridgehead atoms. The molecule has 110 valence electrons. The number of hydrogen-bond acceptors (Lipinski definition) is 4. The van der Waals surface area contributed by atoms with Crippen LogP contribution in [0.2, 0.25) is 0 Å². The van der Waals surface area contributed by atoms with Gasteiger partial charge >= 0.3 is 0 Å². The van der Waals surface area contributed by atoms with Gasteiger partial charge in [0.15, 0.2) is 0 Å². The molecule has 2 saturated heterocycles. The summed E-state index contributed by atoms with van der Waals surface area (Å²) in [4.78, 5) is 7.22. The van der Waals surface area contributed by atoms with Gasteiger partial charge in [-0.25, -0.2) is 4.98 Å². The molecule has 1 aromatic heterocycles. The summed E-state index contributed by atoms with van der Waals surface area (Å²) < 4.78 is 5.33. The molecule has 4 rings (SSSR count). The maximum atomic E-state index is 6.18. The van der Waals surface area contributed by atoms with Gasteiger partial charge in [-0.15, -0.1) is 0 Å². The van der Waals surface area contributed by atoms with Crippen molar-refractivity contribution < 1.29 is 4.74 Å². The highest BCUT2D eigenvalue weighted by atomic mass is 16.5. The van der Waals surface area contributed by atoms with Crippen LogP contribution in [0.25, 0.3) is 10.8 Å². The Balaban J connectivity index is 1.80. The van der Waals surface area contributed by atoms with Crippen LogP contribution in [0.15, 0.2) is 30.5 Å². The Morgan fingerprint density at radius 3 is 2.67 bits per heavy atom. The Labute approximate surface area is 124 Å². The number of rotatable bonds is 2. The molecule has 0 spiro atoms. The Kier molecular flexibility index (Phi) is 3.00. The van der Waals surface area contributed by atoms with E-state index < -0.39 is 0 Å². The summed E-state index contributed by atoms with van der Waals surface area (Å²) in [5, 5.41) is 2.40. The minimum atomic E-state index is 0.355. The zero-order valence-corrected chi connectivity index (χ0v) is 12.3. The Morgan fingerprint density at radius 2 is 1.95 bits per heavy atom. The summed E-state index contributed by atoms with van der Waals surface area (Å²) in [6.45, 7) is 0. The van der Waals surface area contributed by atoms with Gasteiger partial charge in [-0.1, -0.05) is 0 Å². The van der Waals surface area contributed by atoms with Crippen molar-refractivity contribution in [3.05, 3.63) is 30.5 Å². The molecule has 2 atom stereocenters. The van der Waals surface area contributed by atoms with Gasteiger partial charge in [-0.2, -0.15) is 0 Å². The number of benzene rings is 1. The van der Waals surface area contributed by atoms with Crippen LogP contribution >= 0.6 is 0 Å². The van der Waals surface area contributed by atoms with E-state index >= 15 is 0 Å². The van der Waals surface area contributed by atoms with E-state index in [2.05, 4.69) is 23.1 Å². The first kappa shape index (κ1) is 12.9. The highest BCUT2D eigenvalue weighted by Crippen LogP contribution is 2.40. The standard InChI is InChI=1S/C17H21N3O/c1-21-15-4-5-16-11(8-15)6-7-19-17(16)20-13-2-3-14(20)10-12(18)9-13/h4-8,12-14H,2-3,9-10,18H2,1H3. The summed E-state index contributed by atoms with van der Waals surface area (Å²) in [6.07, 6.45) is 6.57. The van der Waals surface area contributed by atoms with Gasteiger partial charge in [0, 0.05) is 29.7 Å². The minimum Gasteiger partial charge on any atom is -0.497 e. The molecule has 2 unspecified atom stereocenters. The fourth-order valence-electron chi connectivity index (χ4n) is 4.04. The molecule has 2 aliphatic rings. The highest BCUT2D eigenvalue weighted by Gasteiger charge is 2.40. The van der Waals surface area contributed by atoms with Gasteiger partial charge in [0.2, 0.25) is 0 Å². The molecule has 0 amide bonds. The normalized spacial score (nSPS) is 28.1. The van der Waals surface area contributed by atoms with Gasteiger partial charge in [-0.05, 0) is 55.3 Å². The van der Waals surface area contributed by atoms with Gasteiger partial charge < -0.3 is 15.4 Å². The van der Waals surface area contributed by atoms with Crippen LogP contribution in [0.1, 0.15) is 25.7 Å².